The van der Waals surface area contributed by atoms with Crippen LogP contribution in [0.3, 0.4) is 0 Å². The largest absolute Gasteiger partial charge is 0.381 e. The topological polar surface area (TPSA) is 29.5 Å². The lowest BCUT2D eigenvalue weighted by molar-refractivity contribution is -0.121. The molecular formula is C15H21NO2. The number of rotatable bonds is 4. The zero-order valence-electron chi connectivity index (χ0n) is 11.4. The number of hydrogen-bond acceptors (Lipinski definition) is 3. The van der Waals surface area contributed by atoms with Gasteiger partial charge in [-0.3, -0.25) is 4.79 Å². The Bertz CT molecular complexity index is 436. The van der Waals surface area contributed by atoms with E-state index in [1.165, 1.54) is 11.1 Å². The average molecular weight is 247 g/mol. The fourth-order valence-corrected chi connectivity index (χ4v) is 2.47. The van der Waals surface area contributed by atoms with Crippen LogP contribution in [0.5, 0.6) is 0 Å². The molecule has 98 valence electrons. The van der Waals surface area contributed by atoms with Crippen molar-refractivity contribution in [2.24, 2.45) is 5.92 Å². The summed E-state index contributed by atoms with van der Waals surface area (Å²) in [6.45, 7) is 5.96. The number of aryl methyl sites for hydroxylation is 2. The summed E-state index contributed by atoms with van der Waals surface area (Å²) in [6.07, 6.45) is 0.875. The van der Waals surface area contributed by atoms with Gasteiger partial charge in [-0.05, 0) is 31.9 Å². The SMILES string of the molecule is Cc1ccc(N(C)CC(=O)C2CCOC2)c(C)c1. The minimum Gasteiger partial charge on any atom is -0.381 e. The van der Waals surface area contributed by atoms with Crippen LogP contribution in [-0.4, -0.2) is 32.6 Å². The summed E-state index contributed by atoms with van der Waals surface area (Å²) in [6, 6.07) is 6.32. The highest BCUT2D eigenvalue weighted by Gasteiger charge is 2.24. The monoisotopic (exact) mass is 247 g/mol. The lowest BCUT2D eigenvalue weighted by atomic mass is 10.0. The molecule has 3 nitrogen and oxygen atoms in total. The van der Waals surface area contributed by atoms with E-state index in [9.17, 15) is 4.79 Å². The van der Waals surface area contributed by atoms with Crippen molar-refractivity contribution in [2.75, 3.05) is 31.7 Å². The molecule has 0 radical (unpaired) electrons. The van der Waals surface area contributed by atoms with E-state index in [0.717, 1.165) is 18.7 Å². The summed E-state index contributed by atoms with van der Waals surface area (Å²) in [5, 5.41) is 0. The number of benzene rings is 1. The molecule has 1 heterocycles. The Labute approximate surface area is 109 Å². The van der Waals surface area contributed by atoms with E-state index in [1.807, 2.05) is 11.9 Å². The van der Waals surface area contributed by atoms with E-state index in [1.54, 1.807) is 0 Å². The number of likely N-dealkylation sites (N-methyl/N-ethyl adjacent to an activating group) is 1. The molecule has 0 N–H and O–H groups in total. The fraction of sp³-hybridized carbons (Fsp3) is 0.533. The second kappa shape index (κ2) is 5.53. The van der Waals surface area contributed by atoms with Crippen molar-refractivity contribution in [2.45, 2.75) is 20.3 Å². The second-order valence-corrected chi connectivity index (χ2v) is 5.17. The smallest absolute Gasteiger partial charge is 0.157 e. The van der Waals surface area contributed by atoms with Gasteiger partial charge in [0, 0.05) is 25.3 Å². The zero-order chi connectivity index (χ0) is 13.1. The molecule has 2 rings (SSSR count). The summed E-state index contributed by atoms with van der Waals surface area (Å²) in [5.41, 5.74) is 3.60. The van der Waals surface area contributed by atoms with Crippen molar-refractivity contribution in [3.8, 4) is 0 Å². The first-order valence-corrected chi connectivity index (χ1v) is 6.47. The van der Waals surface area contributed by atoms with Gasteiger partial charge in [-0.15, -0.1) is 0 Å². The van der Waals surface area contributed by atoms with E-state index in [4.69, 9.17) is 4.74 Å². The number of carbonyl (C=O) groups excluding carboxylic acids is 1. The molecule has 1 aromatic carbocycles. The van der Waals surface area contributed by atoms with E-state index < -0.39 is 0 Å². The Hall–Kier alpha value is -1.35. The van der Waals surface area contributed by atoms with Gasteiger partial charge in [0.05, 0.1) is 13.2 Å². The third-order valence-corrected chi connectivity index (χ3v) is 3.54. The van der Waals surface area contributed by atoms with Crippen LogP contribution in [0.25, 0.3) is 0 Å². The van der Waals surface area contributed by atoms with E-state index in [-0.39, 0.29) is 11.7 Å². The summed E-state index contributed by atoms with van der Waals surface area (Å²) >= 11 is 0. The maximum Gasteiger partial charge on any atom is 0.157 e. The second-order valence-electron chi connectivity index (χ2n) is 5.17. The van der Waals surface area contributed by atoms with Crippen LogP contribution in [0.4, 0.5) is 5.69 Å². The normalized spacial score (nSPS) is 18.9. The molecule has 1 unspecified atom stereocenters. The quantitative estimate of drug-likeness (QED) is 0.818. The van der Waals surface area contributed by atoms with Crippen LogP contribution in [0.1, 0.15) is 17.5 Å². The molecule has 0 saturated carbocycles. The van der Waals surface area contributed by atoms with Crippen LogP contribution in [-0.2, 0) is 9.53 Å². The highest BCUT2D eigenvalue weighted by Crippen LogP contribution is 2.21. The maximum atomic E-state index is 12.1. The molecule has 0 amide bonds. The van der Waals surface area contributed by atoms with Gasteiger partial charge in [0.25, 0.3) is 0 Å². The predicted octanol–water partition coefficient (Wildman–Crippen LogP) is 2.35. The molecule has 1 aliphatic heterocycles. The Morgan fingerprint density at radius 2 is 2.22 bits per heavy atom. The summed E-state index contributed by atoms with van der Waals surface area (Å²) in [7, 11) is 1.98. The molecule has 1 saturated heterocycles. The van der Waals surface area contributed by atoms with E-state index >= 15 is 0 Å². The summed E-state index contributed by atoms with van der Waals surface area (Å²) in [5.74, 6) is 0.383. The zero-order valence-corrected chi connectivity index (χ0v) is 11.4. The third kappa shape index (κ3) is 2.91. The number of Topliss-reactive ketones (excluding diaryl/α,β-unsaturated/α-hetero) is 1. The van der Waals surface area contributed by atoms with Crippen molar-refractivity contribution in [1.82, 2.24) is 0 Å². The van der Waals surface area contributed by atoms with Crippen molar-refractivity contribution in [3.05, 3.63) is 29.3 Å². The number of carbonyl (C=O) groups is 1. The highest BCUT2D eigenvalue weighted by atomic mass is 16.5. The molecule has 0 bridgehead atoms. The van der Waals surface area contributed by atoms with Crippen molar-refractivity contribution >= 4 is 11.5 Å². The van der Waals surface area contributed by atoms with Gasteiger partial charge in [-0.2, -0.15) is 0 Å². The van der Waals surface area contributed by atoms with Crippen LogP contribution in [0.2, 0.25) is 0 Å². The Balaban J connectivity index is 2.02. The first kappa shape index (κ1) is 13.1. The first-order chi connectivity index (χ1) is 8.58. The predicted molar refractivity (Wildman–Crippen MR) is 73.1 cm³/mol. The minimum atomic E-state index is 0.0956. The molecular weight excluding hydrogens is 226 g/mol. The number of ketones is 1. The maximum absolute atomic E-state index is 12.1. The van der Waals surface area contributed by atoms with Gasteiger partial charge in [0.15, 0.2) is 5.78 Å². The van der Waals surface area contributed by atoms with Gasteiger partial charge in [-0.1, -0.05) is 17.7 Å². The van der Waals surface area contributed by atoms with Crippen molar-refractivity contribution < 1.29 is 9.53 Å². The minimum absolute atomic E-state index is 0.0956. The van der Waals surface area contributed by atoms with Gasteiger partial charge in [-0.25, -0.2) is 0 Å². The molecule has 18 heavy (non-hydrogen) atoms. The van der Waals surface area contributed by atoms with Crippen LogP contribution in [0.15, 0.2) is 18.2 Å². The third-order valence-electron chi connectivity index (χ3n) is 3.54. The Kier molecular flexibility index (Phi) is 4.02. The first-order valence-electron chi connectivity index (χ1n) is 6.47. The molecule has 1 aromatic rings. The fourth-order valence-electron chi connectivity index (χ4n) is 2.47. The highest BCUT2D eigenvalue weighted by molar-refractivity contribution is 5.86. The van der Waals surface area contributed by atoms with Crippen LogP contribution >= 0.6 is 0 Å². The molecule has 1 atom stereocenters. The Morgan fingerprint density at radius 3 is 2.83 bits per heavy atom. The summed E-state index contributed by atoms with van der Waals surface area (Å²) < 4.78 is 5.27. The molecule has 0 aromatic heterocycles. The molecule has 0 aliphatic carbocycles. The molecule has 0 spiro atoms. The van der Waals surface area contributed by atoms with Crippen molar-refractivity contribution in [1.29, 1.82) is 0 Å². The standard InChI is InChI=1S/C15H21NO2/c1-11-4-5-14(12(2)8-11)16(3)9-15(17)13-6-7-18-10-13/h4-5,8,13H,6-7,9-10H2,1-3H3. The average Bonchev–Trinajstić information content (AvgIpc) is 2.81. The van der Waals surface area contributed by atoms with Gasteiger partial charge < -0.3 is 9.64 Å². The van der Waals surface area contributed by atoms with Crippen LogP contribution < -0.4 is 4.90 Å². The summed E-state index contributed by atoms with van der Waals surface area (Å²) in [4.78, 5) is 14.1. The molecule has 1 aliphatic rings. The van der Waals surface area contributed by atoms with E-state index in [2.05, 4.69) is 32.0 Å². The lowest BCUT2D eigenvalue weighted by Crippen LogP contribution is -2.31. The van der Waals surface area contributed by atoms with Gasteiger partial charge in [0.1, 0.15) is 0 Å². The number of nitrogens with zero attached hydrogens (tertiary/aromatic N) is 1. The van der Waals surface area contributed by atoms with E-state index in [0.29, 0.717) is 13.2 Å². The van der Waals surface area contributed by atoms with Gasteiger partial charge >= 0.3 is 0 Å². The molecule has 3 heteroatoms. The van der Waals surface area contributed by atoms with Crippen molar-refractivity contribution in [3.63, 3.8) is 0 Å². The number of hydrogen-bond donors (Lipinski definition) is 0. The number of ether oxygens (including phenoxy) is 1. The Morgan fingerprint density at radius 1 is 1.44 bits per heavy atom. The molecule has 1 fully saturated rings. The van der Waals surface area contributed by atoms with Gasteiger partial charge in [0.2, 0.25) is 0 Å². The lowest BCUT2D eigenvalue weighted by Gasteiger charge is -2.22. The van der Waals surface area contributed by atoms with Crippen LogP contribution in [0, 0.1) is 19.8 Å². The number of anilines is 1.